The summed E-state index contributed by atoms with van der Waals surface area (Å²) < 4.78 is 0.993. The van der Waals surface area contributed by atoms with Crippen LogP contribution in [0.3, 0.4) is 0 Å². The van der Waals surface area contributed by atoms with Crippen molar-refractivity contribution in [2.45, 2.75) is 46.6 Å². The van der Waals surface area contributed by atoms with Gasteiger partial charge in [-0.15, -0.1) is 11.3 Å². The normalized spacial score (nSPS) is 15.0. The molecule has 5 nitrogen and oxygen atoms in total. The monoisotopic (exact) mass is 461 g/mol. The van der Waals surface area contributed by atoms with E-state index in [1.807, 2.05) is 52.0 Å². The van der Waals surface area contributed by atoms with E-state index in [1.165, 1.54) is 0 Å². The molecule has 148 valence electrons. The zero-order valence-electron chi connectivity index (χ0n) is 16.5. The number of hydrogen-bond donors (Lipinski definition) is 1. The lowest BCUT2D eigenvalue weighted by atomic mass is 10.1. The van der Waals surface area contributed by atoms with Crippen LogP contribution in [0.4, 0.5) is 11.4 Å². The van der Waals surface area contributed by atoms with E-state index in [2.05, 4.69) is 21.2 Å². The van der Waals surface area contributed by atoms with Crippen LogP contribution in [0.2, 0.25) is 0 Å². The van der Waals surface area contributed by atoms with Crippen LogP contribution in [0.1, 0.15) is 42.7 Å². The number of anilines is 1. The Morgan fingerprint density at radius 2 is 2.04 bits per heavy atom. The van der Waals surface area contributed by atoms with Gasteiger partial charge < -0.3 is 10.2 Å². The molecular formula is C21H24BrN3O2S. The molecule has 0 fully saturated rings. The van der Waals surface area contributed by atoms with Crippen LogP contribution in [0.5, 0.6) is 0 Å². The number of halogens is 1. The molecule has 7 heteroatoms. The second-order valence-corrected chi connectivity index (χ2v) is 9.58. The van der Waals surface area contributed by atoms with Crippen molar-refractivity contribution in [1.82, 2.24) is 5.32 Å². The summed E-state index contributed by atoms with van der Waals surface area (Å²) in [5.74, 6) is -0.279. The van der Waals surface area contributed by atoms with Crippen LogP contribution in [0, 0.1) is 13.8 Å². The van der Waals surface area contributed by atoms with Gasteiger partial charge in [-0.25, -0.2) is 4.99 Å². The van der Waals surface area contributed by atoms with Crippen molar-refractivity contribution >= 4 is 56.2 Å². The Kier molecular flexibility index (Phi) is 6.35. The average Bonchev–Trinajstić information content (AvgIpc) is 3.03. The van der Waals surface area contributed by atoms with E-state index in [4.69, 9.17) is 4.99 Å². The van der Waals surface area contributed by atoms with Gasteiger partial charge in [0, 0.05) is 6.04 Å². The lowest BCUT2D eigenvalue weighted by Gasteiger charge is -2.24. The number of carbonyl (C=O) groups excluding carboxylic acids is 2. The van der Waals surface area contributed by atoms with E-state index >= 15 is 0 Å². The molecule has 1 atom stereocenters. The summed E-state index contributed by atoms with van der Waals surface area (Å²) in [5, 5.41) is 2.95. The van der Waals surface area contributed by atoms with Crippen LogP contribution < -0.4 is 10.2 Å². The fourth-order valence-electron chi connectivity index (χ4n) is 3.00. The van der Waals surface area contributed by atoms with Crippen molar-refractivity contribution in [2.75, 3.05) is 11.4 Å². The number of benzene rings is 1. The van der Waals surface area contributed by atoms with Crippen LogP contribution in [-0.4, -0.2) is 30.1 Å². The first-order chi connectivity index (χ1) is 13.3. The van der Waals surface area contributed by atoms with Gasteiger partial charge in [0.1, 0.15) is 6.54 Å². The average molecular weight is 462 g/mol. The number of fused-ring (bicyclic) bond motifs is 1. The SMILES string of the molecule is CCC(C)NC(=O)CN1C(=O)CC(c2ccc(Br)s2)=Nc2cc(C)c(C)cc21. The fraction of sp³-hybridized carbons (Fsp3) is 0.381. The Balaban J connectivity index is 2.01. The molecule has 0 saturated carbocycles. The standard InChI is InChI=1S/C21H24BrN3O2S/c1-5-14(4)23-20(26)11-25-17-9-13(3)12(2)8-15(17)24-16(10-21(25)27)18-6-7-19(22)28-18/h6-9,14H,5,10-11H2,1-4H3,(H,23,26). The van der Waals surface area contributed by atoms with Gasteiger partial charge in [0.2, 0.25) is 11.8 Å². The first-order valence-corrected chi connectivity index (χ1v) is 10.9. The molecule has 3 rings (SSSR count). The summed E-state index contributed by atoms with van der Waals surface area (Å²) in [6.45, 7) is 8.00. The number of aliphatic imine (C=N–C) groups is 1. The Labute approximate surface area is 178 Å². The largest absolute Gasteiger partial charge is 0.352 e. The van der Waals surface area contributed by atoms with E-state index in [9.17, 15) is 9.59 Å². The quantitative estimate of drug-likeness (QED) is 0.687. The third-order valence-corrected chi connectivity index (χ3v) is 6.61. The van der Waals surface area contributed by atoms with Crippen LogP contribution in [-0.2, 0) is 9.59 Å². The Hall–Kier alpha value is -1.99. The second kappa shape index (κ2) is 8.57. The maximum Gasteiger partial charge on any atom is 0.240 e. The van der Waals surface area contributed by atoms with Crippen molar-refractivity contribution in [1.29, 1.82) is 0 Å². The molecule has 1 aromatic carbocycles. The minimum absolute atomic E-state index is 0.00436. The summed E-state index contributed by atoms with van der Waals surface area (Å²) in [7, 11) is 0. The predicted molar refractivity (Wildman–Crippen MR) is 119 cm³/mol. The summed E-state index contributed by atoms with van der Waals surface area (Å²) in [5.41, 5.74) is 4.32. The van der Waals surface area contributed by atoms with E-state index in [0.717, 1.165) is 37.6 Å². The number of nitrogens with one attached hydrogen (secondary N) is 1. The summed E-state index contributed by atoms with van der Waals surface area (Å²) >= 11 is 5.03. The van der Waals surface area contributed by atoms with Gasteiger partial charge in [0.05, 0.1) is 32.2 Å². The minimum atomic E-state index is -0.158. The molecule has 0 radical (unpaired) electrons. The highest BCUT2D eigenvalue weighted by molar-refractivity contribution is 9.11. The molecule has 1 aliphatic heterocycles. The molecular weight excluding hydrogens is 438 g/mol. The molecule has 2 amide bonds. The molecule has 0 aliphatic carbocycles. The van der Waals surface area contributed by atoms with Gasteiger partial charge >= 0.3 is 0 Å². The molecule has 0 bridgehead atoms. The molecule has 28 heavy (non-hydrogen) atoms. The Bertz CT molecular complexity index is 951. The maximum absolute atomic E-state index is 13.1. The highest BCUT2D eigenvalue weighted by Crippen LogP contribution is 2.36. The third-order valence-electron chi connectivity index (χ3n) is 4.94. The molecule has 0 saturated heterocycles. The van der Waals surface area contributed by atoms with Crippen molar-refractivity contribution in [3.8, 4) is 0 Å². The zero-order valence-corrected chi connectivity index (χ0v) is 18.9. The molecule has 1 N–H and O–H groups in total. The smallest absolute Gasteiger partial charge is 0.240 e. The number of nitrogens with zero attached hydrogens (tertiary/aromatic N) is 2. The number of amides is 2. The molecule has 2 heterocycles. The topological polar surface area (TPSA) is 61.8 Å². The van der Waals surface area contributed by atoms with E-state index in [1.54, 1.807) is 16.2 Å². The van der Waals surface area contributed by atoms with Gasteiger partial charge in [-0.05, 0) is 78.5 Å². The van der Waals surface area contributed by atoms with E-state index in [-0.39, 0.29) is 30.8 Å². The van der Waals surface area contributed by atoms with Crippen LogP contribution >= 0.6 is 27.3 Å². The highest BCUT2D eigenvalue weighted by atomic mass is 79.9. The highest BCUT2D eigenvalue weighted by Gasteiger charge is 2.28. The van der Waals surface area contributed by atoms with Gasteiger partial charge in [-0.2, -0.15) is 0 Å². The van der Waals surface area contributed by atoms with Gasteiger partial charge in [-0.3, -0.25) is 9.59 Å². The third kappa shape index (κ3) is 4.52. The van der Waals surface area contributed by atoms with Crippen LogP contribution in [0.15, 0.2) is 33.0 Å². The van der Waals surface area contributed by atoms with Gasteiger partial charge in [0.15, 0.2) is 0 Å². The van der Waals surface area contributed by atoms with Crippen LogP contribution in [0.25, 0.3) is 0 Å². The summed E-state index contributed by atoms with van der Waals surface area (Å²) in [6.07, 6.45) is 1.01. The van der Waals surface area contributed by atoms with E-state index in [0.29, 0.717) is 5.69 Å². The second-order valence-electron chi connectivity index (χ2n) is 7.12. The van der Waals surface area contributed by atoms with Gasteiger partial charge in [-0.1, -0.05) is 6.92 Å². The number of carbonyl (C=O) groups is 2. The molecule has 1 aliphatic rings. The van der Waals surface area contributed by atoms with Crippen molar-refractivity contribution < 1.29 is 9.59 Å². The number of rotatable bonds is 5. The maximum atomic E-state index is 13.1. The number of aryl methyl sites for hydroxylation is 2. The van der Waals surface area contributed by atoms with Gasteiger partial charge in [0.25, 0.3) is 0 Å². The van der Waals surface area contributed by atoms with Crippen molar-refractivity contribution in [2.24, 2.45) is 4.99 Å². The lowest BCUT2D eigenvalue weighted by molar-refractivity contribution is -0.123. The Morgan fingerprint density at radius 1 is 1.32 bits per heavy atom. The molecule has 0 spiro atoms. The summed E-state index contributed by atoms with van der Waals surface area (Å²) in [4.78, 5) is 33.0. The summed E-state index contributed by atoms with van der Waals surface area (Å²) in [6, 6.07) is 7.94. The first-order valence-electron chi connectivity index (χ1n) is 9.32. The first kappa shape index (κ1) is 20.7. The lowest BCUT2D eigenvalue weighted by Crippen LogP contribution is -2.43. The van der Waals surface area contributed by atoms with Crippen molar-refractivity contribution in [3.05, 3.63) is 44.1 Å². The zero-order chi connectivity index (χ0) is 20.4. The number of hydrogen-bond acceptors (Lipinski definition) is 4. The number of thiophene rings is 1. The van der Waals surface area contributed by atoms with Crippen molar-refractivity contribution in [3.63, 3.8) is 0 Å². The van der Waals surface area contributed by atoms with E-state index < -0.39 is 0 Å². The molecule has 1 unspecified atom stereocenters. The fourth-order valence-corrected chi connectivity index (χ4v) is 4.37. The predicted octanol–water partition coefficient (Wildman–Crippen LogP) is 4.90. The minimum Gasteiger partial charge on any atom is -0.352 e. The molecule has 2 aromatic rings. The Morgan fingerprint density at radius 3 is 2.68 bits per heavy atom. The molecule has 1 aromatic heterocycles.